The molecule has 2 amide bonds. The Morgan fingerprint density at radius 1 is 1.21 bits per heavy atom. The first kappa shape index (κ1) is 19.2. The molecule has 1 aromatic heterocycles. The van der Waals surface area contributed by atoms with Crippen molar-refractivity contribution in [2.75, 3.05) is 11.4 Å². The zero-order valence-electron chi connectivity index (χ0n) is 16.3. The van der Waals surface area contributed by atoms with Crippen molar-refractivity contribution < 1.29 is 23.5 Å². The van der Waals surface area contributed by atoms with Gasteiger partial charge in [-0.15, -0.1) is 0 Å². The number of hydrogen-bond donors (Lipinski definition) is 1. The number of nitrogens with one attached hydrogen (secondary N) is 1. The van der Waals surface area contributed by atoms with E-state index in [9.17, 15) is 14.4 Å². The van der Waals surface area contributed by atoms with Gasteiger partial charge in [-0.05, 0) is 49.6 Å². The van der Waals surface area contributed by atoms with Gasteiger partial charge in [0.05, 0.1) is 12.0 Å². The number of anilines is 1. The summed E-state index contributed by atoms with van der Waals surface area (Å²) in [6, 6.07) is 8.30. The van der Waals surface area contributed by atoms with Crippen molar-refractivity contribution in [3.05, 3.63) is 47.9 Å². The van der Waals surface area contributed by atoms with E-state index in [0.717, 1.165) is 25.7 Å². The van der Waals surface area contributed by atoms with E-state index in [-0.39, 0.29) is 35.9 Å². The van der Waals surface area contributed by atoms with Crippen molar-refractivity contribution in [1.29, 1.82) is 0 Å². The van der Waals surface area contributed by atoms with E-state index in [2.05, 4.69) is 5.32 Å². The van der Waals surface area contributed by atoms with Gasteiger partial charge in [-0.25, -0.2) is 0 Å². The van der Waals surface area contributed by atoms with Crippen LogP contribution in [0.3, 0.4) is 0 Å². The zero-order chi connectivity index (χ0) is 20.4. The van der Waals surface area contributed by atoms with Gasteiger partial charge in [-0.1, -0.05) is 19.8 Å². The second-order valence-corrected chi connectivity index (χ2v) is 7.48. The number of rotatable bonds is 6. The molecular weight excluding hydrogens is 372 g/mol. The van der Waals surface area contributed by atoms with Crippen LogP contribution in [0.5, 0.6) is 5.75 Å². The summed E-state index contributed by atoms with van der Waals surface area (Å²) in [4.78, 5) is 39.6. The van der Waals surface area contributed by atoms with Crippen LogP contribution >= 0.6 is 0 Å². The summed E-state index contributed by atoms with van der Waals surface area (Å²) in [6.07, 6.45) is 5.45. The lowest BCUT2D eigenvalue weighted by molar-refractivity contribution is -0.129. The highest BCUT2D eigenvalue weighted by molar-refractivity contribution is 6.10. The third-order valence-corrected chi connectivity index (χ3v) is 5.46. The monoisotopic (exact) mass is 396 g/mol. The second-order valence-electron chi connectivity index (χ2n) is 7.48. The van der Waals surface area contributed by atoms with Crippen LogP contribution in [-0.4, -0.2) is 36.3 Å². The van der Waals surface area contributed by atoms with E-state index in [1.807, 2.05) is 6.92 Å². The maximum Gasteiger partial charge on any atom is 0.268 e. The van der Waals surface area contributed by atoms with Gasteiger partial charge in [0.25, 0.3) is 5.91 Å². The molecule has 1 aliphatic heterocycles. The standard InChI is InChI=1S/C22H24N2O5/c1-2-17-22(27)24(13-20(25)23-15-6-3-4-7-15)16-12-14(9-10-18(16)29-17)21(26)19-8-5-11-28-19/h5,8-12,15,17H,2-4,6-7,13H2,1H3,(H,23,25). The van der Waals surface area contributed by atoms with Crippen molar-refractivity contribution in [1.82, 2.24) is 5.32 Å². The minimum atomic E-state index is -0.645. The predicted octanol–water partition coefficient (Wildman–Crippen LogP) is 3.07. The molecule has 2 heterocycles. The molecule has 0 spiro atoms. The molecule has 0 saturated heterocycles. The van der Waals surface area contributed by atoms with Gasteiger partial charge in [-0.3, -0.25) is 19.3 Å². The van der Waals surface area contributed by atoms with Gasteiger partial charge >= 0.3 is 0 Å². The van der Waals surface area contributed by atoms with Crippen LogP contribution in [0.15, 0.2) is 41.0 Å². The molecule has 0 radical (unpaired) electrons. The quantitative estimate of drug-likeness (QED) is 0.758. The number of ether oxygens (including phenoxy) is 1. The molecule has 1 unspecified atom stereocenters. The van der Waals surface area contributed by atoms with Crippen LogP contribution in [0.2, 0.25) is 0 Å². The van der Waals surface area contributed by atoms with E-state index in [1.54, 1.807) is 30.3 Å². The summed E-state index contributed by atoms with van der Waals surface area (Å²) in [5.41, 5.74) is 0.796. The number of carbonyl (C=O) groups excluding carboxylic acids is 3. The van der Waals surface area contributed by atoms with E-state index in [1.165, 1.54) is 11.2 Å². The number of fused-ring (bicyclic) bond motifs is 1. The Hall–Kier alpha value is -3.09. The Kier molecular flexibility index (Phi) is 5.38. The van der Waals surface area contributed by atoms with E-state index < -0.39 is 6.10 Å². The topological polar surface area (TPSA) is 88.8 Å². The first-order chi connectivity index (χ1) is 14.1. The molecule has 2 aromatic rings. The fraction of sp³-hybridized carbons (Fsp3) is 0.409. The maximum atomic E-state index is 12.9. The van der Waals surface area contributed by atoms with Crippen LogP contribution < -0.4 is 15.0 Å². The predicted molar refractivity (Wildman–Crippen MR) is 106 cm³/mol. The number of ketones is 1. The highest BCUT2D eigenvalue weighted by Gasteiger charge is 2.35. The van der Waals surface area contributed by atoms with E-state index >= 15 is 0 Å². The van der Waals surface area contributed by atoms with Crippen LogP contribution in [0, 0.1) is 0 Å². The van der Waals surface area contributed by atoms with Gasteiger partial charge in [-0.2, -0.15) is 0 Å². The molecule has 4 rings (SSSR count). The molecule has 7 nitrogen and oxygen atoms in total. The number of furan rings is 1. The van der Waals surface area contributed by atoms with Gasteiger partial charge in [0.2, 0.25) is 11.7 Å². The molecule has 0 bridgehead atoms. The van der Waals surface area contributed by atoms with Crippen molar-refractivity contribution in [3.8, 4) is 5.75 Å². The van der Waals surface area contributed by atoms with E-state index in [4.69, 9.17) is 9.15 Å². The summed E-state index contributed by atoms with van der Waals surface area (Å²) in [7, 11) is 0. The summed E-state index contributed by atoms with van der Waals surface area (Å²) >= 11 is 0. The Morgan fingerprint density at radius 3 is 2.69 bits per heavy atom. The molecule has 2 aliphatic rings. The van der Waals surface area contributed by atoms with Crippen LogP contribution in [0.4, 0.5) is 5.69 Å². The number of carbonyl (C=O) groups is 3. The minimum absolute atomic E-state index is 0.0966. The van der Waals surface area contributed by atoms with Gasteiger partial charge < -0.3 is 14.5 Å². The number of nitrogens with zero attached hydrogens (tertiary/aromatic N) is 1. The molecule has 1 aliphatic carbocycles. The lowest BCUT2D eigenvalue weighted by atomic mass is 10.0. The fourth-order valence-corrected chi connectivity index (χ4v) is 3.92. The number of benzene rings is 1. The fourth-order valence-electron chi connectivity index (χ4n) is 3.92. The van der Waals surface area contributed by atoms with Gasteiger partial charge in [0.15, 0.2) is 11.9 Å². The zero-order valence-corrected chi connectivity index (χ0v) is 16.3. The molecule has 1 saturated carbocycles. The lowest BCUT2D eigenvalue weighted by Gasteiger charge is -2.34. The third-order valence-electron chi connectivity index (χ3n) is 5.46. The maximum absolute atomic E-state index is 12.9. The van der Waals surface area contributed by atoms with Crippen molar-refractivity contribution in [3.63, 3.8) is 0 Å². The molecule has 1 aromatic carbocycles. The summed E-state index contributed by atoms with van der Waals surface area (Å²) < 4.78 is 11.0. The molecule has 1 atom stereocenters. The van der Waals surface area contributed by atoms with Gasteiger partial charge in [0, 0.05) is 11.6 Å². The van der Waals surface area contributed by atoms with Crippen LogP contribution in [0.25, 0.3) is 0 Å². The number of hydrogen-bond acceptors (Lipinski definition) is 5. The van der Waals surface area contributed by atoms with Crippen LogP contribution in [-0.2, 0) is 9.59 Å². The largest absolute Gasteiger partial charge is 0.478 e. The van der Waals surface area contributed by atoms with Crippen molar-refractivity contribution in [2.24, 2.45) is 0 Å². The van der Waals surface area contributed by atoms with Gasteiger partial charge in [0.1, 0.15) is 12.3 Å². The Balaban J connectivity index is 1.61. The molecule has 7 heteroatoms. The molecule has 29 heavy (non-hydrogen) atoms. The Labute approximate surface area is 169 Å². The number of amides is 2. The normalized spacial score (nSPS) is 19.0. The van der Waals surface area contributed by atoms with Crippen LogP contribution in [0.1, 0.15) is 55.1 Å². The Bertz CT molecular complexity index is 915. The third kappa shape index (κ3) is 3.90. The molecule has 1 N–H and O–H groups in total. The second kappa shape index (κ2) is 8.11. The first-order valence-corrected chi connectivity index (χ1v) is 10.1. The molecule has 152 valence electrons. The lowest BCUT2D eigenvalue weighted by Crippen LogP contribution is -2.50. The Morgan fingerprint density at radius 2 is 2.00 bits per heavy atom. The molecular formula is C22H24N2O5. The average molecular weight is 396 g/mol. The first-order valence-electron chi connectivity index (χ1n) is 10.1. The SMILES string of the molecule is CCC1Oc2ccc(C(=O)c3ccco3)cc2N(CC(=O)NC2CCCC2)C1=O. The smallest absolute Gasteiger partial charge is 0.268 e. The summed E-state index contributed by atoms with van der Waals surface area (Å²) in [5.74, 6) is -0.0656. The summed E-state index contributed by atoms with van der Waals surface area (Å²) in [6.45, 7) is 1.76. The van der Waals surface area contributed by atoms with Crippen molar-refractivity contribution in [2.45, 2.75) is 51.2 Å². The summed E-state index contributed by atoms with van der Waals surface area (Å²) in [5, 5.41) is 3.01. The minimum Gasteiger partial charge on any atom is -0.478 e. The molecule has 1 fully saturated rings. The highest BCUT2D eigenvalue weighted by atomic mass is 16.5. The van der Waals surface area contributed by atoms with E-state index in [0.29, 0.717) is 23.4 Å². The highest BCUT2D eigenvalue weighted by Crippen LogP contribution is 2.36. The van der Waals surface area contributed by atoms with Crippen molar-refractivity contribution >= 4 is 23.3 Å². The average Bonchev–Trinajstić information content (AvgIpc) is 3.43.